The van der Waals surface area contributed by atoms with E-state index in [4.69, 9.17) is 0 Å². The minimum absolute atomic E-state index is 0.0310. The summed E-state index contributed by atoms with van der Waals surface area (Å²) < 4.78 is 1.79. The number of carbonyl (C=O) groups is 1. The normalized spacial score (nSPS) is 10.6. The van der Waals surface area contributed by atoms with Crippen molar-refractivity contribution in [2.24, 2.45) is 0 Å². The van der Waals surface area contributed by atoms with Gasteiger partial charge in [0.2, 0.25) is 5.91 Å². The van der Waals surface area contributed by atoms with Gasteiger partial charge in [-0.15, -0.1) is 10.2 Å². The number of nitrogens with one attached hydrogen (secondary N) is 1. The van der Waals surface area contributed by atoms with E-state index in [1.807, 2.05) is 60.7 Å². The topological polar surface area (TPSA) is 103 Å². The number of carbonyl (C=O) groups excluding carboxylic acids is 1. The average molecular weight is 431 g/mol. The first-order chi connectivity index (χ1) is 15.1. The van der Waals surface area contributed by atoms with Crippen LogP contribution in [0.5, 0.6) is 0 Å². The molecule has 1 aromatic heterocycles. The molecule has 0 aliphatic heterocycles. The molecule has 0 bridgehead atoms. The van der Waals surface area contributed by atoms with Gasteiger partial charge in [0, 0.05) is 29.1 Å². The van der Waals surface area contributed by atoms with Crippen molar-refractivity contribution in [1.82, 2.24) is 14.8 Å². The molecule has 1 amide bonds. The highest BCUT2D eigenvalue weighted by atomic mass is 32.2. The third-order valence-corrected chi connectivity index (χ3v) is 5.28. The van der Waals surface area contributed by atoms with Crippen LogP contribution in [0.3, 0.4) is 0 Å². The lowest BCUT2D eigenvalue weighted by molar-refractivity contribution is -0.384. The Bertz CT molecular complexity index is 1210. The summed E-state index contributed by atoms with van der Waals surface area (Å²) in [6.45, 7) is 0. The van der Waals surface area contributed by atoms with Gasteiger partial charge in [-0.25, -0.2) is 0 Å². The Morgan fingerprint density at radius 3 is 2.39 bits per heavy atom. The van der Waals surface area contributed by atoms with Crippen molar-refractivity contribution in [3.63, 3.8) is 0 Å². The monoisotopic (exact) mass is 431 g/mol. The number of para-hydroxylation sites is 2. The Morgan fingerprint density at radius 1 is 0.968 bits per heavy atom. The van der Waals surface area contributed by atoms with Crippen LogP contribution in [-0.2, 0) is 4.79 Å². The Balaban J connectivity index is 1.63. The van der Waals surface area contributed by atoms with E-state index in [9.17, 15) is 14.9 Å². The molecule has 1 N–H and O–H groups in total. The van der Waals surface area contributed by atoms with Gasteiger partial charge in [0.05, 0.1) is 10.7 Å². The fraction of sp³-hybridized carbons (Fsp3) is 0.0455. The lowest BCUT2D eigenvalue weighted by Crippen LogP contribution is -2.14. The number of non-ortho nitro benzene ring substituents is 1. The van der Waals surface area contributed by atoms with Crippen LogP contribution in [0, 0.1) is 10.1 Å². The summed E-state index contributed by atoms with van der Waals surface area (Å²) in [6.07, 6.45) is 0. The Hall–Kier alpha value is -3.98. The Labute approximate surface area is 182 Å². The van der Waals surface area contributed by atoms with Gasteiger partial charge in [-0.05, 0) is 24.3 Å². The summed E-state index contributed by atoms with van der Waals surface area (Å²) in [7, 11) is 0. The fourth-order valence-electron chi connectivity index (χ4n) is 2.97. The molecule has 0 saturated carbocycles. The first-order valence-corrected chi connectivity index (χ1v) is 10.3. The number of hydrogen-bond acceptors (Lipinski definition) is 6. The standard InChI is InChI=1S/C22H17N5O3S/c28-20(23-17-9-3-1-4-10-17)15-31-22-25-24-21(26(22)18-11-5-2-6-12-18)16-8-7-13-19(14-16)27(29)30/h1-14H,15H2,(H,23,28). The van der Waals surface area contributed by atoms with E-state index in [0.29, 0.717) is 16.5 Å². The first kappa shape index (κ1) is 20.3. The zero-order valence-electron chi connectivity index (χ0n) is 16.2. The molecule has 9 heteroatoms. The summed E-state index contributed by atoms with van der Waals surface area (Å²) in [4.78, 5) is 23.1. The van der Waals surface area contributed by atoms with Crippen LogP contribution in [0.15, 0.2) is 90.1 Å². The van der Waals surface area contributed by atoms with Crippen LogP contribution in [-0.4, -0.2) is 31.3 Å². The van der Waals surface area contributed by atoms with Crippen molar-refractivity contribution in [2.45, 2.75) is 5.16 Å². The minimum Gasteiger partial charge on any atom is -0.325 e. The third-order valence-electron chi connectivity index (χ3n) is 4.35. The van der Waals surface area contributed by atoms with Gasteiger partial charge in [0.15, 0.2) is 11.0 Å². The molecular weight excluding hydrogens is 414 g/mol. The molecule has 8 nitrogen and oxygen atoms in total. The number of nitro benzene ring substituents is 1. The van der Waals surface area contributed by atoms with Crippen molar-refractivity contribution in [2.75, 3.05) is 11.1 Å². The molecule has 31 heavy (non-hydrogen) atoms. The summed E-state index contributed by atoms with van der Waals surface area (Å²) in [5.74, 6) is 0.422. The SMILES string of the molecule is O=C(CSc1nnc(-c2cccc([N+](=O)[O-])c2)n1-c1ccccc1)Nc1ccccc1. The maximum absolute atomic E-state index is 12.4. The number of thioether (sulfide) groups is 1. The molecule has 0 spiro atoms. The van der Waals surface area contributed by atoms with Gasteiger partial charge in [-0.1, -0.05) is 60.3 Å². The zero-order valence-corrected chi connectivity index (χ0v) is 17.0. The number of rotatable bonds is 7. The number of benzene rings is 3. The molecule has 1 heterocycles. The average Bonchev–Trinajstić information content (AvgIpc) is 3.23. The molecule has 0 atom stereocenters. The van der Waals surface area contributed by atoms with Crippen molar-refractivity contribution in [1.29, 1.82) is 0 Å². The predicted molar refractivity (Wildman–Crippen MR) is 119 cm³/mol. The minimum atomic E-state index is -0.448. The van der Waals surface area contributed by atoms with Crippen molar-refractivity contribution in [3.8, 4) is 17.1 Å². The lowest BCUT2D eigenvalue weighted by atomic mass is 10.2. The largest absolute Gasteiger partial charge is 0.325 e. The van der Waals surface area contributed by atoms with E-state index in [1.54, 1.807) is 16.7 Å². The van der Waals surface area contributed by atoms with Gasteiger partial charge in [0.1, 0.15) is 0 Å². The molecule has 4 aromatic rings. The van der Waals surface area contributed by atoms with Crippen LogP contribution in [0.2, 0.25) is 0 Å². The number of anilines is 1. The third kappa shape index (κ3) is 4.78. The van der Waals surface area contributed by atoms with E-state index >= 15 is 0 Å². The van der Waals surface area contributed by atoms with E-state index in [2.05, 4.69) is 15.5 Å². The molecule has 0 unspecified atom stereocenters. The van der Waals surface area contributed by atoms with E-state index in [0.717, 1.165) is 11.4 Å². The molecule has 4 rings (SSSR count). The molecule has 0 aliphatic carbocycles. The molecule has 3 aromatic carbocycles. The Morgan fingerprint density at radius 2 is 1.68 bits per heavy atom. The number of nitrogens with zero attached hydrogens (tertiary/aromatic N) is 4. The fourth-order valence-corrected chi connectivity index (χ4v) is 3.72. The van der Waals surface area contributed by atoms with Gasteiger partial charge in [-0.3, -0.25) is 19.5 Å². The Kier molecular flexibility index (Phi) is 6.04. The quantitative estimate of drug-likeness (QED) is 0.261. The highest BCUT2D eigenvalue weighted by molar-refractivity contribution is 7.99. The second kappa shape index (κ2) is 9.23. The molecule has 0 radical (unpaired) electrons. The first-order valence-electron chi connectivity index (χ1n) is 9.35. The predicted octanol–water partition coefficient (Wildman–Crippen LogP) is 4.57. The molecule has 0 fully saturated rings. The maximum atomic E-state index is 12.4. The van der Waals surface area contributed by atoms with Crippen LogP contribution in [0.25, 0.3) is 17.1 Å². The smallest absolute Gasteiger partial charge is 0.270 e. The van der Waals surface area contributed by atoms with Crippen molar-refractivity contribution >= 4 is 29.0 Å². The van der Waals surface area contributed by atoms with Gasteiger partial charge >= 0.3 is 0 Å². The van der Waals surface area contributed by atoms with E-state index in [-0.39, 0.29) is 17.3 Å². The molecular formula is C22H17N5O3S. The van der Waals surface area contributed by atoms with E-state index in [1.165, 1.54) is 23.9 Å². The van der Waals surface area contributed by atoms with Gasteiger partial charge < -0.3 is 5.32 Å². The summed E-state index contributed by atoms with van der Waals surface area (Å²) in [6, 6.07) is 24.9. The number of hydrogen-bond donors (Lipinski definition) is 1. The zero-order chi connectivity index (χ0) is 21.6. The second-order valence-corrected chi connectivity index (χ2v) is 7.43. The highest BCUT2D eigenvalue weighted by Gasteiger charge is 2.19. The summed E-state index contributed by atoms with van der Waals surface area (Å²) in [5, 5.41) is 23.0. The number of nitro groups is 1. The maximum Gasteiger partial charge on any atom is 0.270 e. The van der Waals surface area contributed by atoms with E-state index < -0.39 is 4.92 Å². The molecule has 0 aliphatic rings. The number of amides is 1. The van der Waals surface area contributed by atoms with Crippen LogP contribution in [0.4, 0.5) is 11.4 Å². The van der Waals surface area contributed by atoms with Crippen molar-refractivity contribution in [3.05, 3.63) is 95.0 Å². The van der Waals surface area contributed by atoms with Gasteiger partial charge in [-0.2, -0.15) is 0 Å². The second-order valence-electron chi connectivity index (χ2n) is 6.49. The van der Waals surface area contributed by atoms with Crippen molar-refractivity contribution < 1.29 is 9.72 Å². The molecule has 0 saturated heterocycles. The number of aromatic nitrogens is 3. The summed E-state index contributed by atoms with van der Waals surface area (Å²) in [5.41, 5.74) is 2.04. The molecule has 154 valence electrons. The summed E-state index contributed by atoms with van der Waals surface area (Å²) >= 11 is 1.24. The van der Waals surface area contributed by atoms with Crippen LogP contribution in [0.1, 0.15) is 0 Å². The highest BCUT2D eigenvalue weighted by Crippen LogP contribution is 2.29. The van der Waals surface area contributed by atoms with Crippen LogP contribution >= 0.6 is 11.8 Å². The lowest BCUT2D eigenvalue weighted by Gasteiger charge is -2.10. The van der Waals surface area contributed by atoms with Crippen LogP contribution < -0.4 is 5.32 Å². The van der Waals surface area contributed by atoms with Gasteiger partial charge in [0.25, 0.3) is 5.69 Å².